The molecule has 2 amide bonds. The zero-order chi connectivity index (χ0) is 21.3. The molecule has 154 valence electrons. The van der Waals surface area contributed by atoms with E-state index < -0.39 is 0 Å². The summed E-state index contributed by atoms with van der Waals surface area (Å²) in [6.07, 6.45) is 5.98. The number of halogens is 1. The summed E-state index contributed by atoms with van der Waals surface area (Å²) >= 11 is 3.43. The molecule has 0 saturated heterocycles. The molecule has 2 heterocycles. The van der Waals surface area contributed by atoms with E-state index in [-0.39, 0.29) is 23.9 Å². The molecule has 1 aromatic carbocycles. The van der Waals surface area contributed by atoms with Crippen molar-refractivity contribution in [1.82, 2.24) is 20.6 Å². The fraction of sp³-hybridized carbons (Fsp3) is 0.304. The molecular formula is C23H23BrN4O2. The normalized spacial score (nSPS) is 18.4. The van der Waals surface area contributed by atoms with E-state index >= 15 is 0 Å². The maximum absolute atomic E-state index is 12.9. The van der Waals surface area contributed by atoms with Gasteiger partial charge in [0.2, 0.25) is 0 Å². The van der Waals surface area contributed by atoms with E-state index in [0.29, 0.717) is 16.8 Å². The first-order chi connectivity index (χ1) is 14.4. The highest BCUT2D eigenvalue weighted by molar-refractivity contribution is 9.10. The number of carbonyl (C=O) groups is 2. The van der Waals surface area contributed by atoms with E-state index in [2.05, 4.69) is 36.5 Å². The van der Waals surface area contributed by atoms with Gasteiger partial charge in [0.25, 0.3) is 11.8 Å². The van der Waals surface area contributed by atoms with Crippen molar-refractivity contribution in [2.45, 2.75) is 45.2 Å². The molecule has 0 aliphatic heterocycles. The summed E-state index contributed by atoms with van der Waals surface area (Å²) in [5.74, 6) is -0.323. The monoisotopic (exact) mass is 466 g/mol. The van der Waals surface area contributed by atoms with E-state index in [4.69, 9.17) is 0 Å². The number of rotatable bonds is 4. The molecule has 3 aromatic rings. The Morgan fingerprint density at radius 3 is 2.33 bits per heavy atom. The smallest absolute Gasteiger partial charge is 0.270 e. The van der Waals surface area contributed by atoms with Gasteiger partial charge in [-0.1, -0.05) is 18.2 Å². The third-order valence-electron chi connectivity index (χ3n) is 5.64. The quantitative estimate of drug-likeness (QED) is 0.606. The Kier molecular flexibility index (Phi) is 5.81. The minimum atomic E-state index is -0.237. The fourth-order valence-electron chi connectivity index (χ4n) is 4.10. The largest absolute Gasteiger partial charge is 0.347 e. The predicted molar refractivity (Wildman–Crippen MR) is 120 cm³/mol. The molecule has 0 spiro atoms. The van der Waals surface area contributed by atoms with Crippen molar-refractivity contribution in [1.29, 1.82) is 0 Å². The van der Waals surface area contributed by atoms with Gasteiger partial charge in [-0.25, -0.2) is 4.98 Å². The summed E-state index contributed by atoms with van der Waals surface area (Å²) in [5.41, 5.74) is 3.66. The summed E-state index contributed by atoms with van der Waals surface area (Å²) < 4.78 is 0.745. The zero-order valence-corrected chi connectivity index (χ0v) is 18.5. The molecule has 1 saturated carbocycles. The van der Waals surface area contributed by atoms with Crippen LogP contribution in [0.4, 0.5) is 0 Å². The molecule has 0 unspecified atom stereocenters. The first-order valence-corrected chi connectivity index (χ1v) is 10.8. The number of aromatic nitrogens is 2. The molecule has 2 aromatic heterocycles. The maximum atomic E-state index is 12.9. The number of pyridine rings is 2. The lowest BCUT2D eigenvalue weighted by atomic mass is 10.0. The molecule has 1 aliphatic carbocycles. The van der Waals surface area contributed by atoms with Gasteiger partial charge in [0.1, 0.15) is 5.69 Å². The molecule has 6 nitrogen and oxygen atoms in total. The van der Waals surface area contributed by atoms with E-state index in [1.54, 1.807) is 18.5 Å². The number of hydrogen-bond donors (Lipinski definition) is 2. The van der Waals surface area contributed by atoms with Gasteiger partial charge in [-0.3, -0.25) is 14.6 Å². The number of amides is 2. The highest BCUT2D eigenvalue weighted by atomic mass is 79.9. The summed E-state index contributed by atoms with van der Waals surface area (Å²) in [5, 5.41) is 7.06. The fourth-order valence-corrected chi connectivity index (χ4v) is 4.53. The van der Waals surface area contributed by atoms with Crippen LogP contribution in [0.25, 0.3) is 10.9 Å². The van der Waals surface area contributed by atoms with Gasteiger partial charge < -0.3 is 10.6 Å². The van der Waals surface area contributed by atoms with Gasteiger partial charge in [-0.05, 0) is 72.3 Å². The van der Waals surface area contributed by atoms with E-state index in [1.165, 1.54) is 0 Å². The molecule has 1 aliphatic rings. The molecule has 1 fully saturated rings. The van der Waals surface area contributed by atoms with Crippen molar-refractivity contribution in [2.24, 2.45) is 0 Å². The molecule has 30 heavy (non-hydrogen) atoms. The highest BCUT2D eigenvalue weighted by Gasteiger charge is 2.31. The summed E-state index contributed by atoms with van der Waals surface area (Å²) in [7, 11) is 0. The molecule has 0 bridgehead atoms. The standard InChI is InChI=1S/C23H23BrN4O2/c1-13-5-3-6-14(2)20(13)23(30)28-18-8-4-7-17(18)27-22(29)19-10-9-15-11-25-12-16(24)21(15)26-19/h3,5-6,9-12,17-18H,4,7-8H2,1-2H3,(H,27,29)(H,28,30)/t17-,18+/m0/s1. The Hall–Kier alpha value is -2.80. The van der Waals surface area contributed by atoms with Crippen molar-refractivity contribution in [3.63, 3.8) is 0 Å². The Labute approximate surface area is 183 Å². The SMILES string of the molecule is Cc1cccc(C)c1C(=O)N[C@@H]1CCC[C@@H]1NC(=O)c1ccc2cncc(Br)c2n1. The average Bonchev–Trinajstić information content (AvgIpc) is 3.14. The van der Waals surface area contributed by atoms with Gasteiger partial charge in [-0.15, -0.1) is 0 Å². The van der Waals surface area contributed by atoms with Crippen molar-refractivity contribution >= 4 is 38.6 Å². The first-order valence-electron chi connectivity index (χ1n) is 10.0. The number of fused-ring (bicyclic) bond motifs is 1. The zero-order valence-electron chi connectivity index (χ0n) is 16.9. The number of nitrogens with zero attached hydrogens (tertiary/aromatic N) is 2. The minimum absolute atomic E-state index is 0.0861. The summed E-state index contributed by atoms with van der Waals surface area (Å²) in [4.78, 5) is 34.3. The molecular weight excluding hydrogens is 444 g/mol. The van der Waals surface area contributed by atoms with E-state index in [9.17, 15) is 9.59 Å². The Bertz CT molecular complexity index is 1110. The maximum Gasteiger partial charge on any atom is 0.270 e. The Balaban J connectivity index is 1.48. The third kappa shape index (κ3) is 4.07. The van der Waals surface area contributed by atoms with Crippen LogP contribution in [0.5, 0.6) is 0 Å². The number of aryl methyl sites for hydroxylation is 2. The van der Waals surface area contributed by atoms with Crippen LogP contribution in [-0.4, -0.2) is 33.9 Å². The van der Waals surface area contributed by atoms with Crippen LogP contribution in [0.1, 0.15) is 51.2 Å². The van der Waals surface area contributed by atoms with Gasteiger partial charge in [-0.2, -0.15) is 0 Å². The Morgan fingerprint density at radius 1 is 0.967 bits per heavy atom. The highest BCUT2D eigenvalue weighted by Crippen LogP contribution is 2.23. The van der Waals surface area contributed by atoms with Crippen LogP contribution in [-0.2, 0) is 0 Å². The van der Waals surface area contributed by atoms with Gasteiger partial charge >= 0.3 is 0 Å². The average molecular weight is 467 g/mol. The second-order valence-corrected chi connectivity index (χ2v) is 8.60. The molecule has 0 radical (unpaired) electrons. The molecule has 7 heteroatoms. The second-order valence-electron chi connectivity index (χ2n) is 7.75. The number of nitrogens with one attached hydrogen (secondary N) is 2. The minimum Gasteiger partial charge on any atom is -0.347 e. The molecule has 2 N–H and O–H groups in total. The number of benzene rings is 1. The van der Waals surface area contributed by atoms with Gasteiger partial charge in [0, 0.05) is 35.4 Å². The lowest BCUT2D eigenvalue weighted by Crippen LogP contribution is -2.48. The third-order valence-corrected chi connectivity index (χ3v) is 6.22. The van der Waals surface area contributed by atoms with Crippen molar-refractivity contribution in [3.05, 3.63) is 69.6 Å². The van der Waals surface area contributed by atoms with Crippen LogP contribution in [0.3, 0.4) is 0 Å². The van der Waals surface area contributed by atoms with Crippen LogP contribution >= 0.6 is 15.9 Å². The van der Waals surface area contributed by atoms with Crippen molar-refractivity contribution in [3.8, 4) is 0 Å². The molecule has 2 atom stereocenters. The second kappa shape index (κ2) is 8.52. The van der Waals surface area contributed by atoms with Gasteiger partial charge in [0.15, 0.2) is 0 Å². The van der Waals surface area contributed by atoms with Crippen LogP contribution in [0.2, 0.25) is 0 Å². The Morgan fingerprint density at radius 2 is 1.63 bits per heavy atom. The van der Waals surface area contributed by atoms with Crippen molar-refractivity contribution in [2.75, 3.05) is 0 Å². The predicted octanol–water partition coefficient (Wildman–Crippen LogP) is 4.09. The van der Waals surface area contributed by atoms with Gasteiger partial charge in [0.05, 0.1) is 9.99 Å². The van der Waals surface area contributed by atoms with Crippen molar-refractivity contribution < 1.29 is 9.59 Å². The first kappa shape index (κ1) is 20.5. The number of hydrogen-bond acceptors (Lipinski definition) is 4. The number of carbonyl (C=O) groups excluding carboxylic acids is 2. The van der Waals surface area contributed by atoms with Crippen LogP contribution < -0.4 is 10.6 Å². The lowest BCUT2D eigenvalue weighted by molar-refractivity contribution is 0.0888. The van der Waals surface area contributed by atoms with E-state index in [0.717, 1.165) is 40.2 Å². The molecule has 4 rings (SSSR count). The summed E-state index contributed by atoms with van der Waals surface area (Å²) in [6.45, 7) is 3.88. The summed E-state index contributed by atoms with van der Waals surface area (Å²) in [6, 6.07) is 9.14. The van der Waals surface area contributed by atoms with Crippen LogP contribution in [0.15, 0.2) is 47.2 Å². The van der Waals surface area contributed by atoms with Crippen LogP contribution in [0, 0.1) is 13.8 Å². The van der Waals surface area contributed by atoms with E-state index in [1.807, 2.05) is 38.1 Å². The topological polar surface area (TPSA) is 84.0 Å². The lowest BCUT2D eigenvalue weighted by Gasteiger charge is -2.23.